The van der Waals surface area contributed by atoms with E-state index in [9.17, 15) is 22.8 Å². The molecule has 10 heteroatoms. The summed E-state index contributed by atoms with van der Waals surface area (Å²) in [4.78, 5) is 24.3. The number of hydrogen-bond donors (Lipinski definition) is 2. The van der Waals surface area contributed by atoms with Gasteiger partial charge >= 0.3 is 18.3 Å². The lowest BCUT2D eigenvalue weighted by atomic mass is 9.95. The van der Waals surface area contributed by atoms with E-state index in [2.05, 4.69) is 4.74 Å². The van der Waals surface area contributed by atoms with Crippen molar-refractivity contribution in [1.29, 1.82) is 0 Å². The minimum absolute atomic E-state index is 0.159. The van der Waals surface area contributed by atoms with Crippen molar-refractivity contribution in [3.05, 3.63) is 65.2 Å². The van der Waals surface area contributed by atoms with Crippen molar-refractivity contribution in [3.8, 4) is 0 Å². The molecule has 35 heavy (non-hydrogen) atoms. The molecule has 0 bridgehead atoms. The van der Waals surface area contributed by atoms with Crippen LogP contribution in [0.5, 0.6) is 0 Å². The second kappa shape index (κ2) is 11.7. The van der Waals surface area contributed by atoms with E-state index < -0.39 is 30.5 Å². The van der Waals surface area contributed by atoms with Gasteiger partial charge in [-0.3, -0.25) is 4.74 Å². The smallest absolute Gasteiger partial charge is 0.462 e. The molecule has 2 aromatic rings. The van der Waals surface area contributed by atoms with Crippen molar-refractivity contribution in [2.24, 2.45) is 0 Å². The highest BCUT2D eigenvalue weighted by Gasteiger charge is 2.36. The monoisotopic (exact) mass is 492 g/mol. The molecule has 0 heterocycles. The van der Waals surface area contributed by atoms with Crippen molar-refractivity contribution in [2.75, 3.05) is 18.1 Å². The van der Waals surface area contributed by atoms with E-state index in [0.29, 0.717) is 41.8 Å². The number of benzene rings is 2. The Bertz CT molecular complexity index is 1050. The molecule has 188 valence electrons. The van der Waals surface area contributed by atoms with Crippen LogP contribution in [-0.4, -0.2) is 37.1 Å². The third-order valence-electron chi connectivity index (χ3n) is 5.54. The van der Waals surface area contributed by atoms with Gasteiger partial charge < -0.3 is 20.9 Å². The first-order valence-electron chi connectivity index (χ1n) is 11.1. The van der Waals surface area contributed by atoms with E-state index in [4.69, 9.17) is 20.9 Å². The summed E-state index contributed by atoms with van der Waals surface area (Å²) in [5, 5.41) is 0. The van der Waals surface area contributed by atoms with Crippen LogP contribution in [0.1, 0.15) is 47.2 Å². The summed E-state index contributed by atoms with van der Waals surface area (Å²) in [6, 6.07) is 11.5. The van der Waals surface area contributed by atoms with Crippen LogP contribution >= 0.6 is 0 Å². The van der Waals surface area contributed by atoms with Crippen LogP contribution in [0.25, 0.3) is 6.08 Å². The highest BCUT2D eigenvalue weighted by atomic mass is 19.4. The first-order valence-corrected chi connectivity index (χ1v) is 11.1. The Balaban J connectivity index is 1.41. The van der Waals surface area contributed by atoms with Gasteiger partial charge in [0.05, 0.1) is 18.3 Å². The molecule has 1 aliphatic carbocycles. The average Bonchev–Trinajstić information content (AvgIpc) is 2.80. The fourth-order valence-electron chi connectivity index (χ4n) is 3.72. The van der Waals surface area contributed by atoms with Gasteiger partial charge in [-0.2, -0.15) is 0 Å². The first-order chi connectivity index (χ1) is 16.6. The molecule has 1 aliphatic rings. The summed E-state index contributed by atoms with van der Waals surface area (Å²) in [7, 11) is 0. The van der Waals surface area contributed by atoms with Gasteiger partial charge in [0, 0.05) is 23.9 Å². The lowest BCUT2D eigenvalue weighted by molar-refractivity contribution is -0.346. The number of alkyl halides is 3. The van der Waals surface area contributed by atoms with Crippen LogP contribution < -0.4 is 11.5 Å². The molecule has 0 radical (unpaired) electrons. The highest BCUT2D eigenvalue weighted by molar-refractivity contribution is 5.90. The lowest BCUT2D eigenvalue weighted by Crippen LogP contribution is -2.31. The minimum atomic E-state index is -4.66. The fraction of sp³-hybridized carbons (Fsp3) is 0.360. The molecule has 7 nitrogen and oxygen atoms in total. The van der Waals surface area contributed by atoms with Crippen molar-refractivity contribution in [2.45, 2.75) is 50.7 Å². The van der Waals surface area contributed by atoms with Gasteiger partial charge in [0.1, 0.15) is 6.10 Å². The number of carbonyl (C=O) groups is 2. The number of nitrogens with two attached hydrogens (primary N) is 2. The summed E-state index contributed by atoms with van der Waals surface area (Å²) < 4.78 is 51.5. The number of carbonyl (C=O) groups excluding carboxylic acids is 2. The summed E-state index contributed by atoms with van der Waals surface area (Å²) in [5.74, 6) is -1.07. The van der Waals surface area contributed by atoms with Crippen molar-refractivity contribution < 1.29 is 37.0 Å². The van der Waals surface area contributed by atoms with Crippen LogP contribution in [0.15, 0.2) is 48.5 Å². The van der Waals surface area contributed by atoms with Crippen LogP contribution in [-0.2, 0) is 25.4 Å². The van der Waals surface area contributed by atoms with Gasteiger partial charge in [0.15, 0.2) is 0 Å². The van der Waals surface area contributed by atoms with Gasteiger partial charge in [-0.1, -0.05) is 18.2 Å². The molecule has 3 rings (SSSR count). The molecule has 0 amide bonds. The lowest BCUT2D eigenvalue weighted by Gasteiger charge is -2.28. The largest absolute Gasteiger partial charge is 0.522 e. The van der Waals surface area contributed by atoms with Crippen LogP contribution in [0.3, 0.4) is 0 Å². The summed E-state index contributed by atoms with van der Waals surface area (Å²) in [6.45, 7) is 0.159. The molecule has 0 spiro atoms. The van der Waals surface area contributed by atoms with E-state index in [0.717, 1.165) is 5.56 Å². The van der Waals surface area contributed by atoms with Crippen LogP contribution in [0, 0.1) is 0 Å². The van der Waals surface area contributed by atoms with Gasteiger partial charge in [-0.15, -0.1) is 13.2 Å². The van der Waals surface area contributed by atoms with Crippen molar-refractivity contribution >= 4 is 29.4 Å². The average molecular weight is 492 g/mol. The van der Waals surface area contributed by atoms with E-state index in [1.807, 2.05) is 0 Å². The Morgan fingerprint density at radius 1 is 0.971 bits per heavy atom. The Labute approximate surface area is 200 Å². The molecule has 2 aromatic carbocycles. The Kier molecular flexibility index (Phi) is 8.75. The van der Waals surface area contributed by atoms with Crippen molar-refractivity contribution in [3.63, 3.8) is 0 Å². The van der Waals surface area contributed by atoms with Gasteiger partial charge in [-0.25, -0.2) is 9.59 Å². The van der Waals surface area contributed by atoms with Gasteiger partial charge in [0.2, 0.25) is 0 Å². The number of ether oxygens (including phenoxy) is 3. The molecule has 0 atom stereocenters. The predicted molar refractivity (Wildman–Crippen MR) is 124 cm³/mol. The molecule has 0 saturated heterocycles. The number of halogens is 3. The number of anilines is 2. The molecule has 1 saturated carbocycles. The zero-order valence-corrected chi connectivity index (χ0v) is 18.9. The summed E-state index contributed by atoms with van der Waals surface area (Å²) in [5.41, 5.74) is 14.4. The van der Waals surface area contributed by atoms with Crippen LogP contribution in [0.4, 0.5) is 24.5 Å². The standard InChI is InChI=1S/C25H27F3N2O5/c26-25(27,28)35-21-10-8-20(9-11-21)34-24(32)18-4-1-16(2-5-18)3-12-23(31)33-14-13-17-6-7-19(29)15-22(17)30/h1-7,12,15,20-21H,8-11,13-14,29-30H2. The van der Waals surface area contributed by atoms with E-state index in [1.54, 1.807) is 48.5 Å². The van der Waals surface area contributed by atoms with E-state index >= 15 is 0 Å². The number of hydrogen-bond acceptors (Lipinski definition) is 7. The quantitative estimate of drug-likeness (QED) is 0.313. The summed E-state index contributed by atoms with van der Waals surface area (Å²) >= 11 is 0. The second-order valence-corrected chi connectivity index (χ2v) is 8.20. The molecular formula is C25H27F3N2O5. The molecule has 1 fully saturated rings. The maximum absolute atomic E-state index is 12.3. The number of rotatable bonds is 8. The highest BCUT2D eigenvalue weighted by Crippen LogP contribution is 2.29. The fourth-order valence-corrected chi connectivity index (χ4v) is 3.72. The zero-order chi connectivity index (χ0) is 25.4. The minimum Gasteiger partial charge on any atom is -0.462 e. The third kappa shape index (κ3) is 8.64. The van der Waals surface area contributed by atoms with E-state index in [1.165, 1.54) is 6.08 Å². The number of nitrogen functional groups attached to an aromatic ring is 2. The van der Waals surface area contributed by atoms with Crippen molar-refractivity contribution in [1.82, 2.24) is 0 Å². The van der Waals surface area contributed by atoms with Crippen LogP contribution in [0.2, 0.25) is 0 Å². The Morgan fingerprint density at radius 2 is 1.63 bits per heavy atom. The second-order valence-electron chi connectivity index (χ2n) is 8.20. The molecule has 0 unspecified atom stereocenters. The van der Waals surface area contributed by atoms with Gasteiger partial charge in [0.25, 0.3) is 0 Å². The Hall–Kier alpha value is -3.53. The van der Waals surface area contributed by atoms with E-state index in [-0.39, 0.29) is 19.4 Å². The molecule has 0 aliphatic heterocycles. The predicted octanol–water partition coefficient (Wildman–Crippen LogP) is 4.65. The number of esters is 2. The molecular weight excluding hydrogens is 465 g/mol. The normalized spacial score (nSPS) is 18.4. The van der Waals surface area contributed by atoms with Gasteiger partial charge in [-0.05, 0) is 67.2 Å². The topological polar surface area (TPSA) is 114 Å². The SMILES string of the molecule is Nc1ccc(CCOC(=O)C=Cc2ccc(C(=O)OC3CCC(OC(F)(F)F)CC3)cc2)c(N)c1. The first kappa shape index (κ1) is 26.1. The Morgan fingerprint density at radius 3 is 2.26 bits per heavy atom. The zero-order valence-electron chi connectivity index (χ0n) is 18.9. The third-order valence-corrected chi connectivity index (χ3v) is 5.54. The molecule has 4 N–H and O–H groups in total. The summed E-state index contributed by atoms with van der Waals surface area (Å²) in [6.07, 6.45) is -1.77. The maximum Gasteiger partial charge on any atom is 0.522 e. The maximum atomic E-state index is 12.3. The molecule has 0 aromatic heterocycles.